The molecule has 0 radical (unpaired) electrons. The Labute approximate surface area is 108 Å². The molecule has 4 nitrogen and oxygen atoms in total. The van der Waals surface area contributed by atoms with Gasteiger partial charge in [-0.2, -0.15) is 5.26 Å². The maximum Gasteiger partial charge on any atom is 0.146 e. The van der Waals surface area contributed by atoms with E-state index in [0.717, 1.165) is 37.2 Å². The standard InChI is InChI=1S/C14H19N3O/c1-11-6-7-16-14(13(11)10-15)17(8-3-9-18)12-4-2-5-12/h6-7,12,18H,2-5,8-9H2,1H3. The average molecular weight is 245 g/mol. The SMILES string of the molecule is Cc1ccnc(N(CCCO)C2CCC2)c1C#N. The van der Waals surface area contributed by atoms with E-state index in [-0.39, 0.29) is 6.61 Å². The van der Waals surface area contributed by atoms with E-state index < -0.39 is 0 Å². The number of anilines is 1. The van der Waals surface area contributed by atoms with Crippen molar-refractivity contribution in [3.8, 4) is 6.07 Å². The van der Waals surface area contributed by atoms with Gasteiger partial charge < -0.3 is 10.0 Å². The number of pyridine rings is 1. The van der Waals surface area contributed by atoms with Crippen molar-refractivity contribution in [1.29, 1.82) is 5.26 Å². The third-order valence-corrected chi connectivity index (χ3v) is 3.60. The Hall–Kier alpha value is -1.60. The van der Waals surface area contributed by atoms with Gasteiger partial charge in [0.05, 0.1) is 5.56 Å². The van der Waals surface area contributed by atoms with Gasteiger partial charge in [-0.25, -0.2) is 4.98 Å². The van der Waals surface area contributed by atoms with Gasteiger partial charge in [-0.1, -0.05) is 0 Å². The average Bonchev–Trinajstić information content (AvgIpc) is 2.31. The molecular formula is C14H19N3O. The summed E-state index contributed by atoms with van der Waals surface area (Å²) in [5, 5.41) is 18.3. The Morgan fingerprint density at radius 1 is 1.56 bits per heavy atom. The van der Waals surface area contributed by atoms with Crippen molar-refractivity contribution < 1.29 is 5.11 Å². The molecule has 0 bridgehead atoms. The molecule has 1 fully saturated rings. The molecule has 2 rings (SSSR count). The molecular weight excluding hydrogens is 226 g/mol. The first kappa shape index (κ1) is 12.8. The first-order valence-electron chi connectivity index (χ1n) is 6.51. The van der Waals surface area contributed by atoms with Crippen LogP contribution in [-0.2, 0) is 0 Å². The molecule has 4 heteroatoms. The maximum absolute atomic E-state index is 9.28. The Balaban J connectivity index is 2.29. The van der Waals surface area contributed by atoms with Crippen LogP contribution in [0.25, 0.3) is 0 Å². The lowest BCUT2D eigenvalue weighted by Crippen LogP contribution is -2.42. The minimum absolute atomic E-state index is 0.178. The normalized spacial score (nSPS) is 14.9. The molecule has 1 N–H and O–H groups in total. The lowest BCUT2D eigenvalue weighted by Gasteiger charge is -2.39. The van der Waals surface area contributed by atoms with Crippen LogP contribution in [0.5, 0.6) is 0 Å². The lowest BCUT2D eigenvalue weighted by molar-refractivity contribution is 0.282. The van der Waals surface area contributed by atoms with Crippen LogP contribution in [0.4, 0.5) is 5.82 Å². The summed E-state index contributed by atoms with van der Waals surface area (Å²) in [6.07, 6.45) is 6.04. The first-order valence-corrected chi connectivity index (χ1v) is 6.51. The van der Waals surface area contributed by atoms with Crippen LogP contribution in [0.2, 0.25) is 0 Å². The second kappa shape index (κ2) is 5.83. The maximum atomic E-state index is 9.28. The fourth-order valence-corrected chi connectivity index (χ4v) is 2.30. The molecule has 18 heavy (non-hydrogen) atoms. The Morgan fingerprint density at radius 3 is 2.89 bits per heavy atom. The molecule has 1 aromatic rings. The largest absolute Gasteiger partial charge is 0.396 e. The van der Waals surface area contributed by atoms with Crippen LogP contribution in [0.15, 0.2) is 12.3 Å². The van der Waals surface area contributed by atoms with E-state index in [1.54, 1.807) is 6.20 Å². The van der Waals surface area contributed by atoms with E-state index in [9.17, 15) is 5.26 Å². The van der Waals surface area contributed by atoms with Crippen LogP contribution >= 0.6 is 0 Å². The molecule has 0 saturated heterocycles. The highest BCUT2D eigenvalue weighted by atomic mass is 16.3. The van der Waals surface area contributed by atoms with E-state index in [1.165, 1.54) is 6.42 Å². The number of nitrogens with zero attached hydrogens (tertiary/aromatic N) is 3. The van der Waals surface area contributed by atoms with Crippen molar-refractivity contribution in [2.45, 2.75) is 38.6 Å². The van der Waals surface area contributed by atoms with Crippen molar-refractivity contribution in [2.75, 3.05) is 18.1 Å². The van der Waals surface area contributed by atoms with Gasteiger partial charge in [-0.3, -0.25) is 0 Å². The zero-order valence-electron chi connectivity index (χ0n) is 10.8. The summed E-state index contributed by atoms with van der Waals surface area (Å²) in [6.45, 7) is 2.89. The number of aliphatic hydroxyl groups is 1. The number of rotatable bonds is 5. The van der Waals surface area contributed by atoms with Crippen LogP contribution < -0.4 is 4.90 Å². The third kappa shape index (κ3) is 2.46. The van der Waals surface area contributed by atoms with Gasteiger partial charge in [-0.05, 0) is 44.2 Å². The molecule has 1 aliphatic rings. The smallest absolute Gasteiger partial charge is 0.146 e. The van der Waals surface area contributed by atoms with Crippen LogP contribution in [0, 0.1) is 18.3 Å². The summed E-state index contributed by atoms with van der Waals surface area (Å²) in [5.41, 5.74) is 1.64. The molecule has 0 unspecified atom stereocenters. The highest BCUT2D eigenvalue weighted by Gasteiger charge is 2.27. The molecule has 1 aromatic heterocycles. The monoisotopic (exact) mass is 245 g/mol. The van der Waals surface area contributed by atoms with Gasteiger partial charge in [0.1, 0.15) is 11.9 Å². The summed E-state index contributed by atoms with van der Waals surface area (Å²) in [7, 11) is 0. The van der Waals surface area contributed by atoms with Crippen molar-refractivity contribution in [3.05, 3.63) is 23.4 Å². The third-order valence-electron chi connectivity index (χ3n) is 3.60. The summed E-state index contributed by atoms with van der Waals surface area (Å²) >= 11 is 0. The van der Waals surface area contributed by atoms with E-state index >= 15 is 0 Å². The van der Waals surface area contributed by atoms with Crippen molar-refractivity contribution in [3.63, 3.8) is 0 Å². The van der Waals surface area contributed by atoms with E-state index in [4.69, 9.17) is 5.11 Å². The van der Waals surface area contributed by atoms with Crippen molar-refractivity contribution in [2.24, 2.45) is 0 Å². The quantitative estimate of drug-likeness (QED) is 0.862. The fourth-order valence-electron chi connectivity index (χ4n) is 2.30. The Kier molecular flexibility index (Phi) is 4.16. The van der Waals surface area contributed by atoms with Gasteiger partial charge >= 0.3 is 0 Å². The molecule has 1 heterocycles. The first-order chi connectivity index (χ1) is 8.77. The van der Waals surface area contributed by atoms with Crippen molar-refractivity contribution in [1.82, 2.24) is 4.98 Å². The number of hydrogen-bond acceptors (Lipinski definition) is 4. The lowest BCUT2D eigenvalue weighted by atomic mass is 9.91. The predicted molar refractivity (Wildman–Crippen MR) is 70.4 cm³/mol. The van der Waals surface area contributed by atoms with Crippen LogP contribution in [0.3, 0.4) is 0 Å². The minimum Gasteiger partial charge on any atom is -0.396 e. The van der Waals surface area contributed by atoms with Gasteiger partial charge in [-0.15, -0.1) is 0 Å². The van der Waals surface area contributed by atoms with Gasteiger partial charge in [0, 0.05) is 25.4 Å². The Morgan fingerprint density at radius 2 is 2.33 bits per heavy atom. The molecule has 96 valence electrons. The molecule has 0 amide bonds. The van der Waals surface area contributed by atoms with Gasteiger partial charge in [0.15, 0.2) is 0 Å². The summed E-state index contributed by atoms with van der Waals surface area (Å²) in [5.74, 6) is 0.788. The fraction of sp³-hybridized carbons (Fsp3) is 0.571. The summed E-state index contributed by atoms with van der Waals surface area (Å²) < 4.78 is 0. The topological polar surface area (TPSA) is 60.1 Å². The molecule has 0 spiro atoms. The van der Waals surface area contributed by atoms with Crippen molar-refractivity contribution >= 4 is 5.82 Å². The number of aliphatic hydroxyl groups excluding tert-OH is 1. The highest BCUT2D eigenvalue weighted by molar-refractivity contribution is 5.57. The highest BCUT2D eigenvalue weighted by Crippen LogP contribution is 2.31. The summed E-state index contributed by atoms with van der Waals surface area (Å²) in [6, 6.07) is 4.61. The minimum atomic E-state index is 0.178. The summed E-state index contributed by atoms with van der Waals surface area (Å²) in [4.78, 5) is 6.59. The van der Waals surface area contributed by atoms with E-state index in [2.05, 4.69) is 16.0 Å². The van der Waals surface area contributed by atoms with E-state index in [0.29, 0.717) is 11.6 Å². The molecule has 0 atom stereocenters. The van der Waals surface area contributed by atoms with Crippen LogP contribution in [-0.4, -0.2) is 29.3 Å². The Bertz CT molecular complexity index is 449. The number of hydrogen-bond donors (Lipinski definition) is 1. The number of nitriles is 1. The zero-order valence-corrected chi connectivity index (χ0v) is 10.8. The van der Waals surface area contributed by atoms with Gasteiger partial charge in [0.2, 0.25) is 0 Å². The zero-order chi connectivity index (χ0) is 13.0. The molecule has 0 aliphatic heterocycles. The van der Waals surface area contributed by atoms with Gasteiger partial charge in [0.25, 0.3) is 0 Å². The number of aromatic nitrogens is 1. The molecule has 0 aromatic carbocycles. The molecule has 1 saturated carbocycles. The predicted octanol–water partition coefficient (Wildman–Crippen LogP) is 2.00. The second-order valence-corrected chi connectivity index (χ2v) is 4.79. The molecule has 1 aliphatic carbocycles. The second-order valence-electron chi connectivity index (χ2n) is 4.79. The number of aryl methyl sites for hydroxylation is 1. The van der Waals surface area contributed by atoms with Crippen LogP contribution in [0.1, 0.15) is 36.8 Å². The van der Waals surface area contributed by atoms with E-state index in [1.807, 2.05) is 13.0 Å².